The summed E-state index contributed by atoms with van der Waals surface area (Å²) < 4.78 is 0. The second-order valence-electron chi connectivity index (χ2n) is 6.94. The third-order valence-electron chi connectivity index (χ3n) is 3.96. The lowest BCUT2D eigenvalue weighted by Gasteiger charge is -2.23. The van der Waals surface area contributed by atoms with Crippen LogP contribution in [-0.2, 0) is 11.3 Å². The van der Waals surface area contributed by atoms with E-state index in [1.807, 2.05) is 45.2 Å². The van der Waals surface area contributed by atoms with Gasteiger partial charge >= 0.3 is 0 Å². The molecule has 3 N–H and O–H groups in total. The first-order valence-corrected chi connectivity index (χ1v) is 7.80. The minimum atomic E-state index is -0.632. The highest BCUT2D eigenvalue weighted by Crippen LogP contribution is 2.21. The average Bonchev–Trinajstić information content (AvgIpc) is 2.76. The average molecular weight is 305 g/mol. The number of aliphatic hydroxyl groups is 1. The Morgan fingerprint density at radius 1 is 1.36 bits per heavy atom. The third kappa shape index (κ3) is 4.80. The SMILES string of the molecule is CN(CCC(C)(C)O)Cc1ccc(N2C[C@H](N)CC2=O)cc1. The Kier molecular flexibility index (Phi) is 5.21. The molecule has 5 nitrogen and oxygen atoms in total. The second kappa shape index (κ2) is 6.77. The highest BCUT2D eigenvalue weighted by molar-refractivity contribution is 5.96. The molecule has 1 atom stereocenters. The number of benzene rings is 1. The summed E-state index contributed by atoms with van der Waals surface area (Å²) in [6.07, 6.45) is 1.17. The van der Waals surface area contributed by atoms with Crippen molar-refractivity contribution in [3.05, 3.63) is 29.8 Å². The van der Waals surface area contributed by atoms with Crippen LogP contribution in [-0.4, -0.2) is 47.7 Å². The van der Waals surface area contributed by atoms with Crippen LogP contribution < -0.4 is 10.6 Å². The molecule has 22 heavy (non-hydrogen) atoms. The van der Waals surface area contributed by atoms with E-state index in [1.54, 1.807) is 4.90 Å². The predicted octanol–water partition coefficient (Wildman–Crippen LogP) is 1.34. The molecule has 0 aliphatic carbocycles. The van der Waals surface area contributed by atoms with E-state index in [0.717, 1.165) is 25.2 Å². The summed E-state index contributed by atoms with van der Waals surface area (Å²) in [5, 5.41) is 9.76. The fraction of sp³-hybridized carbons (Fsp3) is 0.588. The normalized spacial score (nSPS) is 19.3. The number of rotatable bonds is 6. The minimum Gasteiger partial charge on any atom is -0.390 e. The molecule has 0 unspecified atom stereocenters. The Labute approximate surface area is 132 Å². The lowest BCUT2D eigenvalue weighted by Crippen LogP contribution is -2.28. The van der Waals surface area contributed by atoms with Gasteiger partial charge in [-0.2, -0.15) is 0 Å². The molecule has 2 rings (SSSR count). The Morgan fingerprint density at radius 2 is 2.00 bits per heavy atom. The van der Waals surface area contributed by atoms with E-state index in [2.05, 4.69) is 4.90 Å². The molecule has 122 valence electrons. The quantitative estimate of drug-likeness (QED) is 0.832. The minimum absolute atomic E-state index is 0.0554. The lowest BCUT2D eigenvalue weighted by atomic mass is 10.1. The van der Waals surface area contributed by atoms with Crippen molar-refractivity contribution in [2.75, 3.05) is 25.0 Å². The van der Waals surface area contributed by atoms with Gasteiger partial charge in [-0.3, -0.25) is 4.79 Å². The van der Waals surface area contributed by atoms with E-state index in [1.165, 1.54) is 5.56 Å². The van der Waals surface area contributed by atoms with Crippen molar-refractivity contribution in [3.8, 4) is 0 Å². The van der Waals surface area contributed by atoms with Crippen LogP contribution in [0, 0.1) is 0 Å². The molecule has 1 amide bonds. The van der Waals surface area contributed by atoms with Crippen molar-refractivity contribution in [2.45, 2.75) is 44.9 Å². The zero-order chi connectivity index (χ0) is 16.3. The maximum absolute atomic E-state index is 11.8. The van der Waals surface area contributed by atoms with Gasteiger partial charge < -0.3 is 20.6 Å². The molecule has 0 bridgehead atoms. The van der Waals surface area contributed by atoms with Crippen LogP contribution in [0.4, 0.5) is 5.69 Å². The number of carbonyl (C=O) groups is 1. The van der Waals surface area contributed by atoms with Gasteiger partial charge in [0.2, 0.25) is 5.91 Å². The first-order chi connectivity index (χ1) is 10.2. The molecule has 0 spiro atoms. The van der Waals surface area contributed by atoms with E-state index in [9.17, 15) is 9.90 Å². The van der Waals surface area contributed by atoms with Gasteiger partial charge in [-0.25, -0.2) is 0 Å². The smallest absolute Gasteiger partial charge is 0.228 e. The number of anilines is 1. The summed E-state index contributed by atoms with van der Waals surface area (Å²) in [6, 6.07) is 8.00. The number of nitrogens with two attached hydrogens (primary N) is 1. The van der Waals surface area contributed by atoms with Crippen LogP contribution in [0.15, 0.2) is 24.3 Å². The van der Waals surface area contributed by atoms with Crippen LogP contribution in [0.3, 0.4) is 0 Å². The fourth-order valence-corrected chi connectivity index (χ4v) is 2.62. The highest BCUT2D eigenvalue weighted by atomic mass is 16.3. The zero-order valence-electron chi connectivity index (χ0n) is 13.7. The van der Waals surface area contributed by atoms with Crippen molar-refractivity contribution < 1.29 is 9.90 Å². The van der Waals surface area contributed by atoms with Crippen LogP contribution in [0.5, 0.6) is 0 Å². The molecule has 1 fully saturated rings. The third-order valence-corrected chi connectivity index (χ3v) is 3.96. The van der Waals surface area contributed by atoms with Crippen molar-refractivity contribution in [3.63, 3.8) is 0 Å². The van der Waals surface area contributed by atoms with Crippen molar-refractivity contribution in [1.29, 1.82) is 0 Å². The number of nitrogens with zero attached hydrogens (tertiary/aromatic N) is 2. The summed E-state index contributed by atoms with van der Waals surface area (Å²) in [5.74, 6) is 0.0996. The van der Waals surface area contributed by atoms with Gasteiger partial charge in [-0.15, -0.1) is 0 Å². The number of hydrogen-bond donors (Lipinski definition) is 2. The standard InChI is InChI=1S/C17H27N3O2/c1-17(2,22)8-9-19(3)11-13-4-6-15(7-5-13)20-12-14(18)10-16(20)21/h4-7,14,22H,8-12,18H2,1-3H3/t14-/m1/s1. The molecule has 1 aliphatic rings. The van der Waals surface area contributed by atoms with E-state index < -0.39 is 5.60 Å². The summed E-state index contributed by atoms with van der Waals surface area (Å²) in [5.41, 5.74) is 7.31. The summed E-state index contributed by atoms with van der Waals surface area (Å²) >= 11 is 0. The second-order valence-corrected chi connectivity index (χ2v) is 6.94. The van der Waals surface area contributed by atoms with E-state index in [0.29, 0.717) is 13.0 Å². The highest BCUT2D eigenvalue weighted by Gasteiger charge is 2.27. The maximum atomic E-state index is 11.8. The van der Waals surface area contributed by atoms with Crippen molar-refractivity contribution >= 4 is 11.6 Å². The van der Waals surface area contributed by atoms with E-state index >= 15 is 0 Å². The van der Waals surface area contributed by atoms with E-state index in [-0.39, 0.29) is 11.9 Å². The predicted molar refractivity (Wildman–Crippen MR) is 88.6 cm³/mol. The van der Waals surface area contributed by atoms with Crippen LogP contribution in [0.1, 0.15) is 32.3 Å². The molecule has 1 aromatic carbocycles. The topological polar surface area (TPSA) is 69.8 Å². The zero-order valence-corrected chi connectivity index (χ0v) is 13.7. The molecule has 1 heterocycles. The Hall–Kier alpha value is -1.43. The summed E-state index contributed by atoms with van der Waals surface area (Å²) in [6.45, 7) is 5.92. The summed E-state index contributed by atoms with van der Waals surface area (Å²) in [4.78, 5) is 15.8. The van der Waals surface area contributed by atoms with Gasteiger partial charge in [0.05, 0.1) is 5.60 Å². The molecule has 1 aliphatic heterocycles. The molecule has 0 saturated carbocycles. The number of hydrogen-bond acceptors (Lipinski definition) is 4. The maximum Gasteiger partial charge on any atom is 0.228 e. The van der Waals surface area contributed by atoms with Gasteiger partial charge in [0.25, 0.3) is 0 Å². The van der Waals surface area contributed by atoms with Gasteiger partial charge in [0.1, 0.15) is 0 Å². The van der Waals surface area contributed by atoms with Gasteiger partial charge in [-0.05, 0) is 45.0 Å². The van der Waals surface area contributed by atoms with E-state index in [4.69, 9.17) is 5.73 Å². The monoisotopic (exact) mass is 305 g/mol. The number of carbonyl (C=O) groups excluding carboxylic acids is 1. The fourth-order valence-electron chi connectivity index (χ4n) is 2.62. The van der Waals surface area contributed by atoms with Crippen LogP contribution in [0.2, 0.25) is 0 Å². The lowest BCUT2D eigenvalue weighted by molar-refractivity contribution is -0.117. The van der Waals surface area contributed by atoms with Crippen LogP contribution >= 0.6 is 0 Å². The Morgan fingerprint density at radius 3 is 2.50 bits per heavy atom. The molecule has 1 aromatic rings. The Balaban J connectivity index is 1.90. The largest absolute Gasteiger partial charge is 0.390 e. The molecule has 1 saturated heterocycles. The Bertz CT molecular complexity index is 508. The molecule has 0 radical (unpaired) electrons. The van der Waals surface area contributed by atoms with Crippen LogP contribution in [0.25, 0.3) is 0 Å². The summed E-state index contributed by atoms with van der Waals surface area (Å²) in [7, 11) is 2.04. The van der Waals surface area contributed by atoms with Crippen molar-refractivity contribution in [1.82, 2.24) is 4.90 Å². The van der Waals surface area contributed by atoms with Gasteiger partial charge in [-0.1, -0.05) is 12.1 Å². The molecular formula is C17H27N3O2. The van der Waals surface area contributed by atoms with Crippen molar-refractivity contribution in [2.24, 2.45) is 5.73 Å². The molecule has 0 aromatic heterocycles. The number of amides is 1. The molecule has 5 heteroatoms. The van der Waals surface area contributed by atoms with Gasteiger partial charge in [0, 0.05) is 37.8 Å². The molecular weight excluding hydrogens is 278 g/mol. The first kappa shape index (κ1) is 16.9. The first-order valence-electron chi connectivity index (χ1n) is 7.80. The van der Waals surface area contributed by atoms with Gasteiger partial charge in [0.15, 0.2) is 0 Å².